The topological polar surface area (TPSA) is 14.2 Å². The molecule has 1 aromatic heterocycles. The molecule has 0 aliphatic carbocycles. The quantitative estimate of drug-likeness (QED) is 0.599. The zero-order chi connectivity index (χ0) is 13.1. The van der Waals surface area contributed by atoms with Crippen molar-refractivity contribution < 1.29 is 4.74 Å². The standard InChI is InChI=1S/C15H16BrNO/c1-4-6-15(18-5-2)14-10-11-9-12(16)7-8-13(11)17(14)3/h4,6-10H,1,5H2,2-3H3/b15-6+. The van der Waals surface area contributed by atoms with Gasteiger partial charge in [0.05, 0.1) is 12.3 Å². The van der Waals surface area contributed by atoms with Gasteiger partial charge in [-0.2, -0.15) is 0 Å². The minimum absolute atomic E-state index is 0.644. The Labute approximate surface area is 116 Å². The van der Waals surface area contributed by atoms with Gasteiger partial charge in [-0.05, 0) is 37.3 Å². The van der Waals surface area contributed by atoms with Gasteiger partial charge in [0.25, 0.3) is 0 Å². The number of halogens is 1. The molecule has 0 unspecified atom stereocenters. The van der Waals surface area contributed by atoms with Gasteiger partial charge in [0.1, 0.15) is 5.76 Å². The number of ether oxygens (including phenoxy) is 1. The summed E-state index contributed by atoms with van der Waals surface area (Å²) in [4.78, 5) is 0. The number of nitrogens with zero attached hydrogens (tertiary/aromatic N) is 1. The summed E-state index contributed by atoms with van der Waals surface area (Å²) in [7, 11) is 2.04. The Bertz CT molecular complexity index is 610. The van der Waals surface area contributed by atoms with Crippen LogP contribution in [0.5, 0.6) is 0 Å². The van der Waals surface area contributed by atoms with E-state index in [-0.39, 0.29) is 0 Å². The molecule has 0 aliphatic heterocycles. The van der Waals surface area contributed by atoms with Crippen LogP contribution in [0.25, 0.3) is 16.7 Å². The maximum Gasteiger partial charge on any atom is 0.142 e. The third kappa shape index (κ3) is 2.36. The molecule has 2 rings (SSSR count). The van der Waals surface area contributed by atoms with E-state index >= 15 is 0 Å². The first kappa shape index (κ1) is 13.0. The van der Waals surface area contributed by atoms with Crippen molar-refractivity contribution in [1.29, 1.82) is 0 Å². The fraction of sp³-hybridized carbons (Fsp3) is 0.200. The van der Waals surface area contributed by atoms with Gasteiger partial charge in [-0.1, -0.05) is 28.6 Å². The first-order valence-electron chi connectivity index (χ1n) is 5.88. The third-order valence-electron chi connectivity index (χ3n) is 2.83. The summed E-state index contributed by atoms with van der Waals surface area (Å²) >= 11 is 3.49. The fourth-order valence-corrected chi connectivity index (χ4v) is 2.41. The molecule has 0 bridgehead atoms. The molecule has 3 heteroatoms. The zero-order valence-electron chi connectivity index (χ0n) is 10.6. The molecule has 94 valence electrons. The molecule has 1 aromatic carbocycles. The molecule has 0 radical (unpaired) electrons. The average molecular weight is 306 g/mol. The normalized spacial score (nSPS) is 11.8. The second-order valence-electron chi connectivity index (χ2n) is 3.99. The first-order valence-corrected chi connectivity index (χ1v) is 6.67. The molecule has 2 nitrogen and oxygen atoms in total. The Morgan fingerprint density at radius 3 is 2.89 bits per heavy atom. The van der Waals surface area contributed by atoms with E-state index in [1.807, 2.05) is 26.1 Å². The molecule has 0 amide bonds. The lowest BCUT2D eigenvalue weighted by Gasteiger charge is -2.09. The number of hydrogen-bond donors (Lipinski definition) is 0. The predicted octanol–water partition coefficient (Wildman–Crippen LogP) is 4.50. The fourth-order valence-electron chi connectivity index (χ4n) is 2.03. The van der Waals surface area contributed by atoms with Crippen molar-refractivity contribution in [2.24, 2.45) is 7.05 Å². The van der Waals surface area contributed by atoms with Crippen molar-refractivity contribution >= 4 is 32.6 Å². The summed E-state index contributed by atoms with van der Waals surface area (Å²) in [6.07, 6.45) is 3.64. The maximum absolute atomic E-state index is 5.67. The lowest BCUT2D eigenvalue weighted by molar-refractivity contribution is 0.295. The van der Waals surface area contributed by atoms with Crippen LogP contribution >= 0.6 is 15.9 Å². The van der Waals surface area contributed by atoms with Crippen LogP contribution in [-0.4, -0.2) is 11.2 Å². The Hall–Kier alpha value is -1.48. The highest BCUT2D eigenvalue weighted by Gasteiger charge is 2.10. The van der Waals surface area contributed by atoms with Gasteiger partial charge >= 0.3 is 0 Å². The monoisotopic (exact) mass is 305 g/mol. The Balaban J connectivity index is 2.60. The molecule has 0 fully saturated rings. The van der Waals surface area contributed by atoms with E-state index in [4.69, 9.17) is 4.74 Å². The number of allylic oxidation sites excluding steroid dienone is 2. The number of rotatable bonds is 4. The van der Waals surface area contributed by atoms with Gasteiger partial charge in [0.15, 0.2) is 0 Å². The van der Waals surface area contributed by atoms with Crippen LogP contribution in [0.2, 0.25) is 0 Å². The number of aromatic nitrogens is 1. The minimum atomic E-state index is 0.644. The van der Waals surface area contributed by atoms with Gasteiger partial charge < -0.3 is 9.30 Å². The smallest absolute Gasteiger partial charge is 0.142 e. The molecule has 18 heavy (non-hydrogen) atoms. The summed E-state index contributed by atoms with van der Waals surface area (Å²) < 4.78 is 8.88. The summed E-state index contributed by atoms with van der Waals surface area (Å²) in [5.74, 6) is 0.849. The van der Waals surface area contributed by atoms with Crippen molar-refractivity contribution in [3.8, 4) is 0 Å². The van der Waals surface area contributed by atoms with Crippen molar-refractivity contribution in [1.82, 2.24) is 4.57 Å². The summed E-state index contributed by atoms with van der Waals surface area (Å²) in [6.45, 7) is 6.36. The predicted molar refractivity (Wildman–Crippen MR) is 80.4 cm³/mol. The van der Waals surface area contributed by atoms with Gasteiger partial charge in [0, 0.05) is 22.4 Å². The Kier molecular flexibility index (Phi) is 3.92. The Morgan fingerprint density at radius 2 is 2.22 bits per heavy atom. The van der Waals surface area contributed by atoms with Crippen molar-refractivity contribution in [3.05, 3.63) is 53.2 Å². The van der Waals surface area contributed by atoms with Crippen LogP contribution in [0.3, 0.4) is 0 Å². The van der Waals surface area contributed by atoms with E-state index in [1.165, 1.54) is 10.9 Å². The number of hydrogen-bond acceptors (Lipinski definition) is 1. The van der Waals surface area contributed by atoms with Crippen LogP contribution in [0.15, 0.2) is 47.5 Å². The molecule has 2 aromatic rings. The summed E-state index contributed by atoms with van der Waals surface area (Å²) in [5.41, 5.74) is 2.24. The van der Waals surface area contributed by atoms with E-state index in [9.17, 15) is 0 Å². The molecule has 0 atom stereocenters. The van der Waals surface area contributed by atoms with E-state index in [1.54, 1.807) is 6.08 Å². The molecule has 0 saturated heterocycles. The molecule has 1 heterocycles. The maximum atomic E-state index is 5.67. The number of benzene rings is 1. The van der Waals surface area contributed by atoms with Gasteiger partial charge in [-0.25, -0.2) is 0 Å². The number of fused-ring (bicyclic) bond motifs is 1. The number of aryl methyl sites for hydroxylation is 1. The molecule has 0 N–H and O–H groups in total. The second kappa shape index (κ2) is 5.44. The Morgan fingerprint density at radius 1 is 1.44 bits per heavy atom. The van der Waals surface area contributed by atoms with E-state index in [0.717, 1.165) is 15.9 Å². The van der Waals surface area contributed by atoms with Gasteiger partial charge in [-0.3, -0.25) is 0 Å². The van der Waals surface area contributed by atoms with E-state index in [0.29, 0.717) is 6.61 Å². The molecular formula is C15H16BrNO. The SMILES string of the molecule is C=C/C=C(/OCC)c1cc2cc(Br)ccc2n1C. The molecule has 0 aliphatic rings. The largest absolute Gasteiger partial charge is 0.492 e. The summed E-state index contributed by atoms with van der Waals surface area (Å²) in [5, 5.41) is 1.19. The van der Waals surface area contributed by atoms with Crippen molar-refractivity contribution in [2.75, 3.05) is 6.61 Å². The second-order valence-corrected chi connectivity index (χ2v) is 4.91. The first-order chi connectivity index (χ1) is 8.67. The van der Waals surface area contributed by atoms with Crippen LogP contribution in [0, 0.1) is 0 Å². The highest BCUT2D eigenvalue weighted by molar-refractivity contribution is 9.10. The summed E-state index contributed by atoms with van der Waals surface area (Å²) in [6, 6.07) is 8.38. The molecular weight excluding hydrogens is 290 g/mol. The highest BCUT2D eigenvalue weighted by atomic mass is 79.9. The van der Waals surface area contributed by atoms with Crippen LogP contribution < -0.4 is 0 Å². The van der Waals surface area contributed by atoms with Crippen LogP contribution in [-0.2, 0) is 11.8 Å². The lowest BCUT2D eigenvalue weighted by atomic mass is 10.2. The van der Waals surface area contributed by atoms with Gasteiger partial charge in [-0.15, -0.1) is 0 Å². The molecule has 0 spiro atoms. The van der Waals surface area contributed by atoms with Gasteiger partial charge in [0.2, 0.25) is 0 Å². The van der Waals surface area contributed by atoms with Crippen molar-refractivity contribution in [2.45, 2.75) is 6.92 Å². The van der Waals surface area contributed by atoms with E-state index < -0.39 is 0 Å². The third-order valence-corrected chi connectivity index (χ3v) is 3.32. The minimum Gasteiger partial charge on any atom is -0.492 e. The zero-order valence-corrected chi connectivity index (χ0v) is 12.2. The molecule has 0 saturated carbocycles. The lowest BCUT2D eigenvalue weighted by Crippen LogP contribution is -1.98. The highest BCUT2D eigenvalue weighted by Crippen LogP contribution is 2.27. The van der Waals surface area contributed by atoms with Crippen LogP contribution in [0.1, 0.15) is 12.6 Å². The van der Waals surface area contributed by atoms with Crippen molar-refractivity contribution in [3.63, 3.8) is 0 Å². The van der Waals surface area contributed by atoms with E-state index in [2.05, 4.69) is 45.3 Å². The average Bonchev–Trinajstić information content (AvgIpc) is 2.66. The van der Waals surface area contributed by atoms with Crippen LogP contribution in [0.4, 0.5) is 0 Å².